The third-order valence-corrected chi connectivity index (χ3v) is 5.65. The van der Waals surface area contributed by atoms with Crippen LogP contribution >= 0.6 is 0 Å². The molecule has 1 heterocycles. The highest BCUT2D eigenvalue weighted by Gasteiger charge is 2.42. The summed E-state index contributed by atoms with van der Waals surface area (Å²) in [6.07, 6.45) is 6.11. The second-order valence-corrected chi connectivity index (χ2v) is 9.02. The summed E-state index contributed by atoms with van der Waals surface area (Å²) in [5, 5.41) is 3.85. The first-order chi connectivity index (χ1) is 11.7. The summed E-state index contributed by atoms with van der Waals surface area (Å²) in [6, 6.07) is 6.86. The topological polar surface area (TPSA) is 26.0 Å². The molecule has 0 radical (unpaired) electrons. The number of hydrogen-bond donors (Lipinski definition) is 0. The van der Waals surface area contributed by atoms with Crippen LogP contribution in [0, 0.1) is 5.92 Å². The summed E-state index contributed by atoms with van der Waals surface area (Å²) >= 11 is 0. The second kappa shape index (κ2) is 6.16. The van der Waals surface area contributed by atoms with Gasteiger partial charge in [0.05, 0.1) is 6.20 Å². The quantitative estimate of drug-likeness (QED) is 0.646. The molecule has 25 heavy (non-hydrogen) atoms. The highest BCUT2D eigenvalue weighted by atomic mass is 16.5. The van der Waals surface area contributed by atoms with Crippen molar-refractivity contribution in [2.24, 2.45) is 5.92 Å². The van der Waals surface area contributed by atoms with E-state index < -0.39 is 0 Å². The van der Waals surface area contributed by atoms with E-state index in [9.17, 15) is 0 Å². The summed E-state index contributed by atoms with van der Waals surface area (Å²) < 4.78 is 5.35. The van der Waals surface area contributed by atoms with Crippen LogP contribution in [0.5, 0.6) is 0 Å². The first-order valence-corrected chi connectivity index (χ1v) is 9.46. The van der Waals surface area contributed by atoms with E-state index in [1.54, 1.807) is 6.20 Å². The Hall–Kier alpha value is -1.83. The molecule has 0 fully saturated rings. The van der Waals surface area contributed by atoms with Crippen molar-refractivity contribution in [2.45, 2.75) is 72.1 Å². The lowest BCUT2D eigenvalue weighted by atomic mass is 9.81. The molecule has 2 heteroatoms. The molecule has 0 N–H and O–H groups in total. The standard InChI is InChI=1S/C23H31NO/c1-8-16-11-20-21(23(6,7)14-22(20,4)5)13-19(16)18(15(2)3)12-17-9-10-24-25-17/h9-13,15H,8,14H2,1-7H3/b18-12+. The van der Waals surface area contributed by atoms with Gasteiger partial charge in [-0.15, -0.1) is 0 Å². The Labute approximate surface area is 152 Å². The third kappa shape index (κ3) is 3.19. The first-order valence-electron chi connectivity index (χ1n) is 9.46. The Morgan fingerprint density at radius 1 is 1.16 bits per heavy atom. The van der Waals surface area contributed by atoms with Gasteiger partial charge in [-0.2, -0.15) is 0 Å². The maximum atomic E-state index is 5.35. The monoisotopic (exact) mass is 337 g/mol. The van der Waals surface area contributed by atoms with Gasteiger partial charge in [-0.05, 0) is 63.5 Å². The molecule has 1 aliphatic carbocycles. The number of allylic oxidation sites excluding steroid dienone is 1. The molecule has 0 atom stereocenters. The van der Waals surface area contributed by atoms with Crippen molar-refractivity contribution in [3.05, 3.63) is 52.4 Å². The molecular weight excluding hydrogens is 306 g/mol. The van der Waals surface area contributed by atoms with Gasteiger partial charge in [-0.25, -0.2) is 0 Å². The molecule has 0 unspecified atom stereocenters. The van der Waals surface area contributed by atoms with Gasteiger partial charge in [0.25, 0.3) is 0 Å². The van der Waals surface area contributed by atoms with E-state index in [0.717, 1.165) is 12.2 Å². The Bertz CT molecular complexity index is 792. The van der Waals surface area contributed by atoms with Crippen LogP contribution in [0.1, 0.15) is 82.9 Å². The summed E-state index contributed by atoms with van der Waals surface area (Å²) in [6.45, 7) is 16.3. The number of fused-ring (bicyclic) bond motifs is 1. The summed E-state index contributed by atoms with van der Waals surface area (Å²) in [5.74, 6) is 1.25. The van der Waals surface area contributed by atoms with E-state index in [2.05, 4.69) is 71.8 Å². The van der Waals surface area contributed by atoms with Gasteiger partial charge in [0.1, 0.15) is 0 Å². The maximum Gasteiger partial charge on any atom is 0.159 e. The zero-order chi connectivity index (χ0) is 18.4. The van der Waals surface area contributed by atoms with Crippen LogP contribution in [-0.2, 0) is 17.3 Å². The molecule has 0 saturated carbocycles. The fourth-order valence-electron chi connectivity index (χ4n) is 4.63. The van der Waals surface area contributed by atoms with Gasteiger partial charge in [-0.1, -0.05) is 65.8 Å². The van der Waals surface area contributed by atoms with E-state index in [0.29, 0.717) is 5.92 Å². The lowest BCUT2D eigenvalue weighted by Crippen LogP contribution is -2.18. The minimum atomic E-state index is 0.216. The minimum absolute atomic E-state index is 0.216. The zero-order valence-corrected chi connectivity index (χ0v) is 16.7. The highest BCUT2D eigenvalue weighted by molar-refractivity contribution is 5.83. The Morgan fingerprint density at radius 3 is 2.32 bits per heavy atom. The van der Waals surface area contributed by atoms with E-state index in [4.69, 9.17) is 4.52 Å². The molecule has 0 spiro atoms. The number of hydrogen-bond acceptors (Lipinski definition) is 2. The van der Waals surface area contributed by atoms with Crippen LogP contribution in [0.15, 0.2) is 28.9 Å². The zero-order valence-electron chi connectivity index (χ0n) is 16.7. The average molecular weight is 338 g/mol. The molecule has 0 saturated heterocycles. The van der Waals surface area contributed by atoms with Crippen LogP contribution in [0.25, 0.3) is 11.6 Å². The molecule has 1 aromatic heterocycles. The molecule has 2 aromatic rings. The molecule has 1 aliphatic rings. The van der Waals surface area contributed by atoms with Crippen molar-refractivity contribution >= 4 is 11.6 Å². The van der Waals surface area contributed by atoms with E-state index in [-0.39, 0.29) is 10.8 Å². The molecule has 0 aliphatic heterocycles. The van der Waals surface area contributed by atoms with Crippen molar-refractivity contribution in [1.82, 2.24) is 5.16 Å². The fraction of sp³-hybridized carbons (Fsp3) is 0.522. The van der Waals surface area contributed by atoms with E-state index in [1.165, 1.54) is 34.2 Å². The van der Waals surface area contributed by atoms with Crippen molar-refractivity contribution in [3.63, 3.8) is 0 Å². The molecule has 2 nitrogen and oxygen atoms in total. The molecule has 3 rings (SSSR count). The first kappa shape index (κ1) is 18.0. The molecule has 1 aromatic carbocycles. The molecule has 0 bridgehead atoms. The van der Waals surface area contributed by atoms with Crippen LogP contribution in [0.2, 0.25) is 0 Å². The van der Waals surface area contributed by atoms with Crippen molar-refractivity contribution in [3.8, 4) is 0 Å². The summed E-state index contributed by atoms with van der Waals surface area (Å²) in [5.41, 5.74) is 7.64. The number of benzene rings is 1. The number of rotatable bonds is 4. The lowest BCUT2D eigenvalue weighted by molar-refractivity contribution is 0.403. The predicted octanol–water partition coefficient (Wildman–Crippen LogP) is 6.39. The van der Waals surface area contributed by atoms with Gasteiger partial charge >= 0.3 is 0 Å². The summed E-state index contributed by atoms with van der Waals surface area (Å²) in [4.78, 5) is 0. The van der Waals surface area contributed by atoms with Gasteiger partial charge in [-0.3, -0.25) is 0 Å². The number of nitrogens with zero attached hydrogens (tertiary/aromatic N) is 1. The van der Waals surface area contributed by atoms with Crippen molar-refractivity contribution in [2.75, 3.05) is 0 Å². The Kier molecular flexibility index (Phi) is 4.43. The van der Waals surface area contributed by atoms with Crippen LogP contribution in [0.3, 0.4) is 0 Å². The van der Waals surface area contributed by atoms with Crippen LogP contribution in [0.4, 0.5) is 0 Å². The Balaban J connectivity index is 2.23. The third-order valence-electron chi connectivity index (χ3n) is 5.65. The predicted molar refractivity (Wildman–Crippen MR) is 106 cm³/mol. The lowest BCUT2D eigenvalue weighted by Gasteiger charge is -2.23. The number of aromatic nitrogens is 1. The summed E-state index contributed by atoms with van der Waals surface area (Å²) in [7, 11) is 0. The van der Waals surface area contributed by atoms with Crippen LogP contribution < -0.4 is 0 Å². The van der Waals surface area contributed by atoms with E-state index >= 15 is 0 Å². The van der Waals surface area contributed by atoms with E-state index in [1.807, 2.05) is 6.07 Å². The normalized spacial score (nSPS) is 18.6. The molecule has 0 amide bonds. The smallest absolute Gasteiger partial charge is 0.159 e. The Morgan fingerprint density at radius 2 is 1.80 bits per heavy atom. The fourth-order valence-corrected chi connectivity index (χ4v) is 4.63. The van der Waals surface area contributed by atoms with Gasteiger partial charge in [0, 0.05) is 6.07 Å². The second-order valence-electron chi connectivity index (χ2n) is 9.02. The van der Waals surface area contributed by atoms with Crippen molar-refractivity contribution in [1.29, 1.82) is 0 Å². The molecule has 134 valence electrons. The largest absolute Gasteiger partial charge is 0.357 e. The van der Waals surface area contributed by atoms with Gasteiger partial charge in [0.2, 0.25) is 0 Å². The van der Waals surface area contributed by atoms with Crippen molar-refractivity contribution < 1.29 is 4.52 Å². The SMILES string of the molecule is CCc1cc2c(cc1/C(=C/c1ccno1)C(C)C)C(C)(C)CC2(C)C. The number of aryl methyl sites for hydroxylation is 1. The minimum Gasteiger partial charge on any atom is -0.357 e. The maximum absolute atomic E-state index is 5.35. The van der Waals surface area contributed by atoms with Gasteiger partial charge < -0.3 is 4.52 Å². The van der Waals surface area contributed by atoms with Crippen LogP contribution in [-0.4, -0.2) is 5.16 Å². The van der Waals surface area contributed by atoms with Gasteiger partial charge in [0.15, 0.2) is 5.76 Å². The molecular formula is C23H31NO. The average Bonchev–Trinajstić information content (AvgIpc) is 3.08. The highest BCUT2D eigenvalue weighted by Crippen LogP contribution is 2.50.